The predicted molar refractivity (Wildman–Crippen MR) is 60.5 cm³/mol. The Morgan fingerprint density at radius 1 is 1.56 bits per heavy atom. The van der Waals surface area contributed by atoms with Gasteiger partial charge in [-0.1, -0.05) is 6.07 Å². The van der Waals surface area contributed by atoms with Gasteiger partial charge in [-0.15, -0.1) is 0 Å². The van der Waals surface area contributed by atoms with E-state index in [0.717, 1.165) is 6.07 Å². The summed E-state index contributed by atoms with van der Waals surface area (Å²) in [5.41, 5.74) is 0.0132. The summed E-state index contributed by atoms with van der Waals surface area (Å²) in [4.78, 5) is 12.4. The van der Waals surface area contributed by atoms with E-state index in [1.54, 1.807) is 6.07 Å². The lowest BCUT2D eigenvalue weighted by Gasteiger charge is -2.24. The number of rotatable bonds is 2. The van der Waals surface area contributed by atoms with Gasteiger partial charge in [0.1, 0.15) is 23.5 Å². The molecule has 1 aliphatic rings. The van der Waals surface area contributed by atoms with Crippen LogP contribution in [0.15, 0.2) is 18.2 Å². The monoisotopic (exact) mass is 250 g/mol. The Bertz CT molecular complexity index is 527. The van der Waals surface area contributed by atoms with Crippen LogP contribution in [0.25, 0.3) is 0 Å². The Balaban J connectivity index is 2.45. The van der Waals surface area contributed by atoms with Gasteiger partial charge in [0, 0.05) is 13.0 Å². The minimum Gasteiger partial charge on any atom is -0.480 e. The maximum absolute atomic E-state index is 13.5. The molecule has 0 aromatic heterocycles. The van der Waals surface area contributed by atoms with Crippen molar-refractivity contribution in [2.45, 2.75) is 18.6 Å². The molecular weight excluding hydrogens is 239 g/mol. The topological polar surface area (TPSA) is 84.6 Å². The highest BCUT2D eigenvalue weighted by Crippen LogP contribution is 2.30. The second-order valence-corrected chi connectivity index (χ2v) is 4.14. The molecule has 1 heterocycles. The molecule has 2 unspecified atom stereocenters. The van der Waals surface area contributed by atoms with E-state index in [1.165, 1.54) is 17.0 Å². The van der Waals surface area contributed by atoms with Crippen LogP contribution in [-0.4, -0.2) is 34.9 Å². The van der Waals surface area contributed by atoms with Crippen molar-refractivity contribution in [2.24, 2.45) is 0 Å². The Labute approximate surface area is 103 Å². The SMILES string of the molecule is N#Cc1c(F)cccc1N1CC(O)CC1C(=O)O. The van der Waals surface area contributed by atoms with Gasteiger partial charge in [-0.3, -0.25) is 0 Å². The summed E-state index contributed by atoms with van der Waals surface area (Å²) < 4.78 is 13.5. The quantitative estimate of drug-likeness (QED) is 0.808. The number of aliphatic carboxylic acids is 1. The number of benzene rings is 1. The van der Waals surface area contributed by atoms with Crippen LogP contribution < -0.4 is 4.90 Å². The Morgan fingerprint density at radius 3 is 2.89 bits per heavy atom. The number of β-amino-alcohol motifs (C(OH)–C–C–N with tert-alkyl or cyclic N) is 1. The number of aliphatic hydroxyl groups is 1. The molecule has 2 rings (SSSR count). The van der Waals surface area contributed by atoms with Crippen molar-refractivity contribution in [3.05, 3.63) is 29.6 Å². The summed E-state index contributed by atoms with van der Waals surface area (Å²) in [6.07, 6.45) is -0.725. The molecule has 2 N–H and O–H groups in total. The van der Waals surface area contributed by atoms with Crippen LogP contribution in [0.3, 0.4) is 0 Å². The molecule has 2 atom stereocenters. The zero-order valence-corrected chi connectivity index (χ0v) is 9.38. The third-order valence-corrected chi connectivity index (χ3v) is 2.98. The van der Waals surface area contributed by atoms with Crippen molar-refractivity contribution in [2.75, 3.05) is 11.4 Å². The summed E-state index contributed by atoms with van der Waals surface area (Å²) >= 11 is 0. The summed E-state index contributed by atoms with van der Waals surface area (Å²) in [7, 11) is 0. The highest BCUT2D eigenvalue weighted by molar-refractivity contribution is 5.80. The first-order chi connectivity index (χ1) is 8.54. The first-order valence-corrected chi connectivity index (χ1v) is 5.40. The van der Waals surface area contributed by atoms with Gasteiger partial charge in [-0.05, 0) is 12.1 Å². The fourth-order valence-electron chi connectivity index (χ4n) is 2.18. The second kappa shape index (κ2) is 4.63. The van der Waals surface area contributed by atoms with Gasteiger partial charge in [0.25, 0.3) is 0 Å². The molecule has 94 valence electrons. The largest absolute Gasteiger partial charge is 0.480 e. The van der Waals surface area contributed by atoms with Gasteiger partial charge < -0.3 is 15.1 Å². The number of anilines is 1. The number of halogens is 1. The van der Waals surface area contributed by atoms with Crippen LogP contribution in [0.5, 0.6) is 0 Å². The van der Waals surface area contributed by atoms with Crippen LogP contribution in [0, 0.1) is 17.1 Å². The van der Waals surface area contributed by atoms with Gasteiger partial charge in [0.15, 0.2) is 0 Å². The standard InChI is InChI=1S/C12H11FN2O3/c13-9-2-1-3-10(8(9)5-14)15-6-7(16)4-11(15)12(17)18/h1-3,7,11,16H,4,6H2,(H,17,18). The predicted octanol–water partition coefficient (Wildman–Crippen LogP) is 0.722. The summed E-state index contributed by atoms with van der Waals surface area (Å²) in [5, 5.41) is 27.5. The van der Waals surface area contributed by atoms with Gasteiger partial charge in [-0.2, -0.15) is 5.26 Å². The van der Waals surface area contributed by atoms with Crippen LogP contribution in [0.4, 0.5) is 10.1 Å². The molecule has 0 radical (unpaired) electrons. The van der Waals surface area contributed by atoms with Crippen LogP contribution in [0.2, 0.25) is 0 Å². The molecule has 0 bridgehead atoms. The third-order valence-electron chi connectivity index (χ3n) is 2.98. The number of carboxylic acids is 1. The number of nitrogens with zero attached hydrogens (tertiary/aromatic N) is 2. The maximum Gasteiger partial charge on any atom is 0.326 e. The zero-order valence-electron chi connectivity index (χ0n) is 9.38. The minimum atomic E-state index is -1.10. The summed E-state index contributed by atoms with van der Waals surface area (Å²) in [5.74, 6) is -1.79. The van der Waals surface area contributed by atoms with Crippen molar-refractivity contribution in [3.8, 4) is 6.07 Å². The molecule has 1 aliphatic heterocycles. The Morgan fingerprint density at radius 2 is 2.28 bits per heavy atom. The van der Waals surface area contributed by atoms with Crippen LogP contribution >= 0.6 is 0 Å². The van der Waals surface area contributed by atoms with E-state index in [4.69, 9.17) is 10.4 Å². The molecule has 5 nitrogen and oxygen atoms in total. The lowest BCUT2D eigenvalue weighted by Crippen LogP contribution is -2.36. The van der Waals surface area contributed by atoms with E-state index in [9.17, 15) is 14.3 Å². The van der Waals surface area contributed by atoms with E-state index in [2.05, 4.69) is 0 Å². The number of hydrogen-bond acceptors (Lipinski definition) is 4. The van der Waals surface area contributed by atoms with Gasteiger partial charge in [0.05, 0.1) is 11.8 Å². The average molecular weight is 250 g/mol. The minimum absolute atomic E-state index is 0.0662. The molecule has 0 aliphatic carbocycles. The highest BCUT2D eigenvalue weighted by atomic mass is 19.1. The van der Waals surface area contributed by atoms with Crippen LogP contribution in [0.1, 0.15) is 12.0 Å². The van der Waals surface area contributed by atoms with E-state index in [0.29, 0.717) is 0 Å². The third kappa shape index (κ3) is 2.00. The van der Waals surface area contributed by atoms with E-state index in [-0.39, 0.29) is 24.2 Å². The number of aliphatic hydroxyl groups excluding tert-OH is 1. The first kappa shape index (κ1) is 12.3. The first-order valence-electron chi connectivity index (χ1n) is 5.40. The molecule has 1 fully saturated rings. The molecule has 0 spiro atoms. The molecule has 0 saturated carbocycles. The van der Waals surface area contributed by atoms with Crippen molar-refractivity contribution in [3.63, 3.8) is 0 Å². The van der Waals surface area contributed by atoms with Crippen molar-refractivity contribution >= 4 is 11.7 Å². The summed E-state index contributed by atoms with van der Waals surface area (Å²) in [6.45, 7) is 0.0785. The van der Waals surface area contributed by atoms with Crippen molar-refractivity contribution < 1.29 is 19.4 Å². The van der Waals surface area contributed by atoms with E-state index in [1.807, 2.05) is 0 Å². The molecular formula is C12H11FN2O3. The summed E-state index contributed by atoms with van der Waals surface area (Å²) in [6, 6.07) is 4.82. The lowest BCUT2D eigenvalue weighted by molar-refractivity contribution is -0.138. The second-order valence-electron chi connectivity index (χ2n) is 4.14. The lowest BCUT2D eigenvalue weighted by atomic mass is 10.1. The Hall–Kier alpha value is -2.13. The van der Waals surface area contributed by atoms with Crippen LogP contribution in [-0.2, 0) is 4.79 Å². The fraction of sp³-hybridized carbons (Fsp3) is 0.333. The zero-order chi connectivity index (χ0) is 13.3. The highest BCUT2D eigenvalue weighted by Gasteiger charge is 2.37. The maximum atomic E-state index is 13.5. The van der Waals surface area contributed by atoms with E-state index < -0.39 is 23.9 Å². The molecule has 1 saturated heterocycles. The van der Waals surface area contributed by atoms with Gasteiger partial charge in [-0.25, -0.2) is 9.18 Å². The number of carbonyl (C=O) groups is 1. The Kier molecular flexibility index (Phi) is 3.17. The van der Waals surface area contributed by atoms with Gasteiger partial charge >= 0.3 is 5.97 Å². The molecule has 0 amide bonds. The average Bonchev–Trinajstić information content (AvgIpc) is 2.71. The molecule has 18 heavy (non-hydrogen) atoms. The molecule has 1 aromatic rings. The number of hydrogen-bond donors (Lipinski definition) is 2. The van der Waals surface area contributed by atoms with E-state index >= 15 is 0 Å². The molecule has 6 heteroatoms. The van der Waals surface area contributed by atoms with Crippen molar-refractivity contribution in [1.82, 2.24) is 0 Å². The number of nitriles is 1. The normalized spacial score (nSPS) is 22.8. The smallest absolute Gasteiger partial charge is 0.326 e. The number of carboxylic acid groups (broad SMARTS) is 1. The van der Waals surface area contributed by atoms with Crippen molar-refractivity contribution in [1.29, 1.82) is 5.26 Å². The molecule has 1 aromatic carbocycles. The fourth-order valence-corrected chi connectivity index (χ4v) is 2.18. The van der Waals surface area contributed by atoms with Gasteiger partial charge in [0.2, 0.25) is 0 Å².